The van der Waals surface area contributed by atoms with Gasteiger partial charge in [0.15, 0.2) is 0 Å². The predicted octanol–water partition coefficient (Wildman–Crippen LogP) is 3.11. The molecule has 0 saturated heterocycles. The van der Waals surface area contributed by atoms with Crippen molar-refractivity contribution in [2.75, 3.05) is 13.2 Å². The maximum absolute atomic E-state index is 5.88. The van der Waals surface area contributed by atoms with E-state index in [1.807, 2.05) is 0 Å². The zero-order valence-corrected chi connectivity index (χ0v) is 10.4. The number of ether oxygens (including phenoxy) is 1. The highest BCUT2D eigenvalue weighted by Crippen LogP contribution is 2.21. The summed E-state index contributed by atoms with van der Waals surface area (Å²) in [6.07, 6.45) is 9.50. The molecule has 0 radical (unpaired) electrons. The molecule has 1 aliphatic carbocycles. The average Bonchev–Trinajstić information content (AvgIpc) is 2.27. The molecule has 0 heterocycles. The largest absolute Gasteiger partial charge is 0.378 e. The van der Waals surface area contributed by atoms with E-state index >= 15 is 0 Å². The van der Waals surface area contributed by atoms with Crippen LogP contribution in [0.2, 0.25) is 0 Å². The highest BCUT2D eigenvalue weighted by Gasteiger charge is 2.20. The first kappa shape index (κ1) is 13.0. The van der Waals surface area contributed by atoms with E-state index in [0.29, 0.717) is 6.10 Å². The summed E-state index contributed by atoms with van der Waals surface area (Å²) >= 11 is 0. The lowest BCUT2D eigenvalue weighted by atomic mass is 9.93. The monoisotopic (exact) mass is 213 g/mol. The molecule has 0 aromatic rings. The Kier molecular flexibility index (Phi) is 7.03. The molecule has 0 aromatic carbocycles. The van der Waals surface area contributed by atoms with Crippen molar-refractivity contribution in [3.63, 3.8) is 0 Å². The zero-order valence-electron chi connectivity index (χ0n) is 10.4. The molecular weight excluding hydrogens is 186 g/mol. The molecule has 0 unspecified atom stereocenters. The summed E-state index contributed by atoms with van der Waals surface area (Å²) in [7, 11) is 0. The standard InChI is InChI=1S/C13H27NO/c1-3-5-6-11-15-13-9-7-12(8-10-13)14-4-2/h12-14H,3-11H2,1-2H3. The summed E-state index contributed by atoms with van der Waals surface area (Å²) in [6, 6.07) is 0.755. The molecule has 2 nitrogen and oxygen atoms in total. The van der Waals surface area contributed by atoms with E-state index in [-0.39, 0.29) is 0 Å². The van der Waals surface area contributed by atoms with Gasteiger partial charge in [-0.05, 0) is 38.6 Å². The zero-order chi connectivity index (χ0) is 10.9. The van der Waals surface area contributed by atoms with Crippen LogP contribution in [-0.4, -0.2) is 25.3 Å². The van der Waals surface area contributed by atoms with Crippen molar-refractivity contribution in [1.82, 2.24) is 5.32 Å². The van der Waals surface area contributed by atoms with Crippen molar-refractivity contribution in [3.05, 3.63) is 0 Å². The van der Waals surface area contributed by atoms with E-state index in [9.17, 15) is 0 Å². The van der Waals surface area contributed by atoms with Crippen LogP contribution in [0.5, 0.6) is 0 Å². The van der Waals surface area contributed by atoms with Gasteiger partial charge in [0.05, 0.1) is 6.10 Å². The van der Waals surface area contributed by atoms with Crippen molar-refractivity contribution in [2.24, 2.45) is 0 Å². The second kappa shape index (κ2) is 8.12. The van der Waals surface area contributed by atoms with Crippen LogP contribution in [-0.2, 0) is 4.74 Å². The van der Waals surface area contributed by atoms with Crippen LogP contribution < -0.4 is 5.32 Å². The molecule has 0 amide bonds. The van der Waals surface area contributed by atoms with Gasteiger partial charge < -0.3 is 10.1 Å². The van der Waals surface area contributed by atoms with Crippen molar-refractivity contribution in [3.8, 4) is 0 Å². The molecule has 0 atom stereocenters. The Bertz CT molecular complexity index is 139. The van der Waals surface area contributed by atoms with Crippen LogP contribution >= 0.6 is 0 Å². The Labute approximate surface area is 94.8 Å². The van der Waals surface area contributed by atoms with Gasteiger partial charge in [-0.15, -0.1) is 0 Å². The molecule has 1 aliphatic rings. The summed E-state index contributed by atoms with van der Waals surface area (Å²) in [6.45, 7) is 6.51. The van der Waals surface area contributed by atoms with Gasteiger partial charge in [-0.1, -0.05) is 26.7 Å². The SMILES string of the molecule is CCCCCOC1CCC(NCC)CC1. The smallest absolute Gasteiger partial charge is 0.0576 e. The van der Waals surface area contributed by atoms with Crippen molar-refractivity contribution >= 4 is 0 Å². The number of hydrogen-bond acceptors (Lipinski definition) is 2. The summed E-state index contributed by atoms with van der Waals surface area (Å²) < 4.78 is 5.88. The van der Waals surface area contributed by atoms with Crippen LogP contribution in [0.15, 0.2) is 0 Å². The first-order valence-corrected chi connectivity index (χ1v) is 6.71. The molecule has 0 aromatic heterocycles. The summed E-state index contributed by atoms with van der Waals surface area (Å²) in [5, 5.41) is 3.53. The van der Waals surface area contributed by atoms with E-state index in [1.54, 1.807) is 0 Å². The minimum Gasteiger partial charge on any atom is -0.378 e. The summed E-state index contributed by atoms with van der Waals surface area (Å²) in [4.78, 5) is 0. The summed E-state index contributed by atoms with van der Waals surface area (Å²) in [5.41, 5.74) is 0. The molecule has 1 N–H and O–H groups in total. The van der Waals surface area contributed by atoms with Gasteiger partial charge in [0.25, 0.3) is 0 Å². The molecule has 2 heteroatoms. The molecule has 1 rings (SSSR count). The lowest BCUT2D eigenvalue weighted by Crippen LogP contribution is -2.35. The summed E-state index contributed by atoms with van der Waals surface area (Å²) in [5.74, 6) is 0. The van der Waals surface area contributed by atoms with Crippen LogP contribution in [0, 0.1) is 0 Å². The van der Waals surface area contributed by atoms with Gasteiger partial charge in [0, 0.05) is 12.6 Å². The minimum atomic E-state index is 0.553. The predicted molar refractivity (Wildman–Crippen MR) is 65.2 cm³/mol. The van der Waals surface area contributed by atoms with Crippen LogP contribution in [0.25, 0.3) is 0 Å². The average molecular weight is 213 g/mol. The molecule has 15 heavy (non-hydrogen) atoms. The van der Waals surface area contributed by atoms with Crippen molar-refractivity contribution in [2.45, 2.75) is 70.9 Å². The van der Waals surface area contributed by atoms with E-state index in [4.69, 9.17) is 4.74 Å². The second-order valence-electron chi connectivity index (χ2n) is 4.61. The van der Waals surface area contributed by atoms with Gasteiger partial charge in [0.1, 0.15) is 0 Å². The van der Waals surface area contributed by atoms with Gasteiger partial charge in [-0.3, -0.25) is 0 Å². The van der Waals surface area contributed by atoms with E-state index in [1.165, 1.54) is 44.9 Å². The Morgan fingerprint density at radius 2 is 1.80 bits per heavy atom. The third-order valence-electron chi connectivity index (χ3n) is 3.27. The molecular formula is C13H27NO. The Morgan fingerprint density at radius 3 is 2.40 bits per heavy atom. The maximum atomic E-state index is 5.88. The molecule has 1 saturated carbocycles. The van der Waals surface area contributed by atoms with E-state index < -0.39 is 0 Å². The fourth-order valence-electron chi connectivity index (χ4n) is 2.32. The molecule has 1 fully saturated rings. The van der Waals surface area contributed by atoms with Gasteiger partial charge in [-0.25, -0.2) is 0 Å². The first-order chi connectivity index (χ1) is 7.36. The third-order valence-corrected chi connectivity index (χ3v) is 3.27. The highest BCUT2D eigenvalue weighted by atomic mass is 16.5. The van der Waals surface area contributed by atoms with Crippen LogP contribution in [0.1, 0.15) is 58.8 Å². The number of nitrogens with one attached hydrogen (secondary N) is 1. The fourth-order valence-corrected chi connectivity index (χ4v) is 2.32. The quantitative estimate of drug-likeness (QED) is 0.656. The van der Waals surface area contributed by atoms with Gasteiger partial charge in [-0.2, -0.15) is 0 Å². The van der Waals surface area contributed by atoms with Gasteiger partial charge >= 0.3 is 0 Å². The normalized spacial score (nSPS) is 26.8. The van der Waals surface area contributed by atoms with E-state index in [2.05, 4.69) is 19.2 Å². The van der Waals surface area contributed by atoms with Crippen molar-refractivity contribution < 1.29 is 4.74 Å². The van der Waals surface area contributed by atoms with Crippen LogP contribution in [0.3, 0.4) is 0 Å². The number of rotatable bonds is 7. The molecule has 90 valence electrons. The number of unbranched alkanes of at least 4 members (excludes halogenated alkanes) is 2. The lowest BCUT2D eigenvalue weighted by molar-refractivity contribution is 0.0207. The van der Waals surface area contributed by atoms with Crippen molar-refractivity contribution in [1.29, 1.82) is 0 Å². The topological polar surface area (TPSA) is 21.3 Å². The Morgan fingerprint density at radius 1 is 1.07 bits per heavy atom. The first-order valence-electron chi connectivity index (χ1n) is 6.71. The highest BCUT2D eigenvalue weighted by molar-refractivity contribution is 4.76. The van der Waals surface area contributed by atoms with E-state index in [0.717, 1.165) is 19.2 Å². The Hall–Kier alpha value is -0.0800. The van der Waals surface area contributed by atoms with Gasteiger partial charge in [0.2, 0.25) is 0 Å². The van der Waals surface area contributed by atoms with Crippen LogP contribution in [0.4, 0.5) is 0 Å². The second-order valence-corrected chi connectivity index (χ2v) is 4.61. The molecule has 0 bridgehead atoms. The Balaban J connectivity index is 1.99. The third kappa shape index (κ3) is 5.53. The fraction of sp³-hybridized carbons (Fsp3) is 1.00. The minimum absolute atomic E-state index is 0.553. The lowest BCUT2D eigenvalue weighted by Gasteiger charge is -2.29. The maximum Gasteiger partial charge on any atom is 0.0576 e. The molecule has 0 aliphatic heterocycles. The molecule has 0 spiro atoms. The number of hydrogen-bond donors (Lipinski definition) is 1.